The standard InChI is InChI=1S/C18H19N3O/c1-13(22-10-9-16-6-4-8-18(19)21-16)15-11-14-5-2-3-7-17(14)20-12-15/h2-8,11-13H,9-10H2,1H3,(H2,19,21). The second-order valence-electron chi connectivity index (χ2n) is 5.28. The Balaban J connectivity index is 1.62. The van der Waals surface area contributed by atoms with Crippen molar-refractivity contribution < 1.29 is 4.74 Å². The number of nitrogen functional groups attached to an aromatic ring is 1. The van der Waals surface area contributed by atoms with Gasteiger partial charge in [-0.15, -0.1) is 0 Å². The van der Waals surface area contributed by atoms with Gasteiger partial charge in [-0.1, -0.05) is 24.3 Å². The molecule has 4 nitrogen and oxygen atoms in total. The molecule has 1 aromatic carbocycles. The number of anilines is 1. The minimum absolute atomic E-state index is 0.00170. The van der Waals surface area contributed by atoms with Crippen molar-refractivity contribution in [3.8, 4) is 0 Å². The van der Waals surface area contributed by atoms with Crippen molar-refractivity contribution in [1.82, 2.24) is 9.97 Å². The molecule has 3 aromatic rings. The number of ether oxygens (including phenoxy) is 1. The first kappa shape index (κ1) is 14.5. The van der Waals surface area contributed by atoms with Crippen LogP contribution in [0.5, 0.6) is 0 Å². The minimum Gasteiger partial charge on any atom is -0.384 e. The third-order valence-corrected chi connectivity index (χ3v) is 3.64. The Hall–Kier alpha value is -2.46. The van der Waals surface area contributed by atoms with Gasteiger partial charge in [-0.3, -0.25) is 4.98 Å². The van der Waals surface area contributed by atoms with Gasteiger partial charge in [0.25, 0.3) is 0 Å². The molecule has 0 bridgehead atoms. The van der Waals surface area contributed by atoms with Crippen molar-refractivity contribution in [2.45, 2.75) is 19.4 Å². The fraction of sp³-hybridized carbons (Fsp3) is 0.222. The van der Waals surface area contributed by atoms with Crippen molar-refractivity contribution in [3.63, 3.8) is 0 Å². The summed E-state index contributed by atoms with van der Waals surface area (Å²) < 4.78 is 5.90. The number of pyridine rings is 2. The summed E-state index contributed by atoms with van der Waals surface area (Å²) in [5, 5.41) is 1.13. The van der Waals surface area contributed by atoms with Crippen LogP contribution in [0.1, 0.15) is 24.3 Å². The molecule has 0 fully saturated rings. The molecule has 0 spiro atoms. The molecule has 22 heavy (non-hydrogen) atoms. The third-order valence-electron chi connectivity index (χ3n) is 3.64. The molecule has 1 unspecified atom stereocenters. The Labute approximate surface area is 130 Å². The van der Waals surface area contributed by atoms with Gasteiger partial charge in [0.2, 0.25) is 0 Å². The van der Waals surface area contributed by atoms with E-state index in [4.69, 9.17) is 10.5 Å². The summed E-state index contributed by atoms with van der Waals surface area (Å²) in [6, 6.07) is 15.9. The normalized spacial score (nSPS) is 12.4. The summed E-state index contributed by atoms with van der Waals surface area (Å²) in [5.41, 5.74) is 8.71. The Morgan fingerprint density at radius 3 is 2.86 bits per heavy atom. The second kappa shape index (κ2) is 6.54. The van der Waals surface area contributed by atoms with Crippen molar-refractivity contribution in [3.05, 3.63) is 66.0 Å². The summed E-state index contributed by atoms with van der Waals surface area (Å²) >= 11 is 0. The average molecular weight is 293 g/mol. The maximum absolute atomic E-state index is 5.90. The van der Waals surface area contributed by atoms with Crippen molar-refractivity contribution >= 4 is 16.7 Å². The highest BCUT2D eigenvalue weighted by atomic mass is 16.5. The molecule has 3 rings (SSSR count). The molecule has 0 radical (unpaired) electrons. The molecule has 0 aliphatic rings. The van der Waals surface area contributed by atoms with Crippen LogP contribution in [0.3, 0.4) is 0 Å². The molecule has 0 aliphatic heterocycles. The molecule has 4 heteroatoms. The van der Waals surface area contributed by atoms with E-state index in [9.17, 15) is 0 Å². The fourth-order valence-corrected chi connectivity index (χ4v) is 2.38. The van der Waals surface area contributed by atoms with E-state index < -0.39 is 0 Å². The number of aromatic nitrogens is 2. The number of benzene rings is 1. The molecule has 1 atom stereocenters. The van der Waals surface area contributed by atoms with Crippen LogP contribution in [-0.2, 0) is 11.2 Å². The Bertz CT molecular complexity index is 773. The summed E-state index contributed by atoms with van der Waals surface area (Å²) in [6.07, 6.45) is 2.63. The van der Waals surface area contributed by atoms with E-state index in [1.807, 2.05) is 43.5 Å². The van der Waals surface area contributed by atoms with Crippen LogP contribution in [0, 0.1) is 0 Å². The zero-order chi connectivity index (χ0) is 15.4. The quantitative estimate of drug-likeness (QED) is 0.781. The summed E-state index contributed by atoms with van der Waals surface area (Å²) in [7, 11) is 0. The number of rotatable bonds is 5. The molecule has 2 heterocycles. The van der Waals surface area contributed by atoms with E-state index in [-0.39, 0.29) is 6.10 Å². The fourth-order valence-electron chi connectivity index (χ4n) is 2.38. The number of fused-ring (bicyclic) bond motifs is 1. The van der Waals surface area contributed by atoms with Gasteiger partial charge in [0.15, 0.2) is 0 Å². The van der Waals surface area contributed by atoms with Gasteiger partial charge in [-0.25, -0.2) is 4.98 Å². The van der Waals surface area contributed by atoms with E-state index in [2.05, 4.69) is 22.1 Å². The predicted molar refractivity (Wildman–Crippen MR) is 88.5 cm³/mol. The van der Waals surface area contributed by atoms with Crippen LogP contribution >= 0.6 is 0 Å². The van der Waals surface area contributed by atoms with Gasteiger partial charge in [0.05, 0.1) is 18.2 Å². The SMILES string of the molecule is CC(OCCc1cccc(N)n1)c1cnc2ccccc2c1. The molecule has 112 valence electrons. The van der Waals surface area contributed by atoms with Crippen LogP contribution in [0.4, 0.5) is 5.82 Å². The van der Waals surface area contributed by atoms with E-state index >= 15 is 0 Å². The number of hydrogen-bond donors (Lipinski definition) is 1. The van der Waals surface area contributed by atoms with Gasteiger partial charge in [-0.05, 0) is 36.8 Å². The highest BCUT2D eigenvalue weighted by Gasteiger charge is 2.07. The molecule has 0 aliphatic carbocycles. The topological polar surface area (TPSA) is 61.0 Å². The molecule has 2 aromatic heterocycles. The van der Waals surface area contributed by atoms with E-state index in [0.29, 0.717) is 12.4 Å². The van der Waals surface area contributed by atoms with Gasteiger partial charge in [-0.2, -0.15) is 0 Å². The van der Waals surface area contributed by atoms with Gasteiger partial charge in [0, 0.05) is 23.7 Å². The highest BCUT2D eigenvalue weighted by Crippen LogP contribution is 2.20. The van der Waals surface area contributed by atoms with Crippen molar-refractivity contribution in [2.75, 3.05) is 12.3 Å². The smallest absolute Gasteiger partial charge is 0.123 e. The summed E-state index contributed by atoms with van der Waals surface area (Å²) in [6.45, 7) is 2.64. The molecule has 0 saturated heterocycles. The van der Waals surface area contributed by atoms with Crippen LogP contribution < -0.4 is 5.73 Å². The first-order chi connectivity index (χ1) is 10.7. The first-order valence-electron chi connectivity index (χ1n) is 7.40. The molecular weight excluding hydrogens is 274 g/mol. The van der Waals surface area contributed by atoms with Gasteiger partial charge in [0.1, 0.15) is 5.82 Å². The average Bonchev–Trinajstić information content (AvgIpc) is 2.54. The molecular formula is C18H19N3O. The van der Waals surface area contributed by atoms with Crippen molar-refractivity contribution in [1.29, 1.82) is 0 Å². The van der Waals surface area contributed by atoms with Gasteiger partial charge < -0.3 is 10.5 Å². The number of hydrogen-bond acceptors (Lipinski definition) is 4. The monoisotopic (exact) mass is 293 g/mol. The Kier molecular flexibility index (Phi) is 4.30. The lowest BCUT2D eigenvalue weighted by atomic mass is 10.1. The highest BCUT2D eigenvalue weighted by molar-refractivity contribution is 5.78. The van der Waals surface area contributed by atoms with Gasteiger partial charge >= 0.3 is 0 Å². The lowest BCUT2D eigenvalue weighted by molar-refractivity contribution is 0.0676. The molecule has 0 saturated carbocycles. The summed E-state index contributed by atoms with van der Waals surface area (Å²) in [5.74, 6) is 0.546. The number of nitrogens with two attached hydrogens (primary N) is 1. The zero-order valence-electron chi connectivity index (χ0n) is 12.6. The lowest BCUT2D eigenvalue weighted by Gasteiger charge is -2.13. The van der Waals surface area contributed by atoms with Crippen LogP contribution in [0.15, 0.2) is 54.7 Å². The van der Waals surface area contributed by atoms with Crippen LogP contribution in [0.25, 0.3) is 10.9 Å². The molecule has 2 N–H and O–H groups in total. The maximum atomic E-state index is 5.90. The van der Waals surface area contributed by atoms with Crippen molar-refractivity contribution in [2.24, 2.45) is 0 Å². The maximum Gasteiger partial charge on any atom is 0.123 e. The first-order valence-corrected chi connectivity index (χ1v) is 7.40. The predicted octanol–water partition coefficient (Wildman–Crippen LogP) is 3.53. The van der Waals surface area contributed by atoms with E-state index in [1.165, 1.54) is 0 Å². The molecule has 0 amide bonds. The lowest BCUT2D eigenvalue weighted by Crippen LogP contribution is -2.06. The Morgan fingerprint density at radius 1 is 1.14 bits per heavy atom. The number of nitrogens with zero attached hydrogens (tertiary/aromatic N) is 2. The van der Waals surface area contributed by atoms with Crippen LogP contribution in [0.2, 0.25) is 0 Å². The second-order valence-corrected chi connectivity index (χ2v) is 5.28. The van der Waals surface area contributed by atoms with Crippen LogP contribution in [-0.4, -0.2) is 16.6 Å². The third kappa shape index (κ3) is 3.40. The van der Waals surface area contributed by atoms with E-state index in [1.54, 1.807) is 6.07 Å². The largest absolute Gasteiger partial charge is 0.384 e. The zero-order valence-corrected chi connectivity index (χ0v) is 12.6. The van der Waals surface area contributed by atoms with E-state index in [0.717, 1.165) is 28.6 Å². The minimum atomic E-state index is -0.00170. The number of para-hydroxylation sites is 1. The Morgan fingerprint density at radius 2 is 2.00 bits per heavy atom. The summed E-state index contributed by atoms with van der Waals surface area (Å²) in [4.78, 5) is 8.74.